The minimum Gasteiger partial charge on any atom is -0.473 e. The molecule has 1 atom stereocenters. The second kappa shape index (κ2) is 9.08. The van der Waals surface area contributed by atoms with Gasteiger partial charge in [0.1, 0.15) is 12.3 Å². The fraction of sp³-hybridized carbons (Fsp3) is 0.263. The van der Waals surface area contributed by atoms with Crippen LogP contribution in [0.2, 0.25) is 0 Å². The van der Waals surface area contributed by atoms with Crippen LogP contribution >= 0.6 is 15.9 Å². The fourth-order valence-corrected chi connectivity index (χ4v) is 3.13. The van der Waals surface area contributed by atoms with Crippen LogP contribution in [0.3, 0.4) is 0 Å². The van der Waals surface area contributed by atoms with E-state index in [1.807, 2.05) is 0 Å². The second-order valence-corrected chi connectivity index (χ2v) is 7.06. The van der Waals surface area contributed by atoms with Gasteiger partial charge >= 0.3 is 0 Å². The lowest BCUT2D eigenvalue weighted by Crippen LogP contribution is -2.42. The molecule has 0 saturated carbocycles. The van der Waals surface area contributed by atoms with E-state index in [1.54, 1.807) is 13.8 Å². The molecule has 3 aromatic rings. The lowest BCUT2D eigenvalue weighted by Gasteiger charge is -2.28. The molecule has 0 aliphatic rings. The molecule has 0 aliphatic carbocycles. The number of carbonyl (C=O) groups excluding carboxylic acids is 1. The fourth-order valence-electron chi connectivity index (χ4n) is 2.83. The molecular weight excluding hydrogens is 448 g/mol. The summed E-state index contributed by atoms with van der Waals surface area (Å²) in [6.07, 6.45) is 4.21. The van der Waals surface area contributed by atoms with Crippen molar-refractivity contribution in [2.24, 2.45) is 0 Å². The van der Waals surface area contributed by atoms with Gasteiger partial charge < -0.3 is 9.64 Å². The zero-order valence-electron chi connectivity index (χ0n) is 15.7. The summed E-state index contributed by atoms with van der Waals surface area (Å²) in [5, 5.41) is 7.86. The number of hydrogen-bond donors (Lipinski definition) is 0. The Morgan fingerprint density at radius 1 is 1.28 bits per heavy atom. The van der Waals surface area contributed by atoms with Gasteiger partial charge in [0.05, 0.1) is 24.0 Å². The van der Waals surface area contributed by atoms with E-state index >= 15 is 0 Å². The molecule has 29 heavy (non-hydrogen) atoms. The zero-order valence-corrected chi connectivity index (χ0v) is 17.3. The minimum atomic E-state index is -0.617. The largest absolute Gasteiger partial charge is 0.473 e. The number of rotatable bonds is 7. The van der Waals surface area contributed by atoms with Crippen LogP contribution in [0.4, 0.5) is 8.78 Å². The standard InChI is InChI=1S/C19H18BrF2N5O2/c1-3-26(12(2)11-29-18-16(22)9-13(20)10-23-18)19(28)14-5-4-6-15(21)17(14)27-24-7-8-25-27/h4-10,12H,3,11H2,1-2H3. The maximum atomic E-state index is 14.4. The molecule has 1 unspecified atom stereocenters. The number of carbonyl (C=O) groups is 1. The maximum absolute atomic E-state index is 14.4. The number of aromatic nitrogens is 4. The van der Waals surface area contributed by atoms with Crippen molar-refractivity contribution >= 4 is 21.8 Å². The van der Waals surface area contributed by atoms with Crippen LogP contribution in [0.1, 0.15) is 24.2 Å². The van der Waals surface area contributed by atoms with Crippen molar-refractivity contribution in [3.63, 3.8) is 0 Å². The van der Waals surface area contributed by atoms with E-state index in [4.69, 9.17) is 4.74 Å². The number of para-hydroxylation sites is 1. The summed E-state index contributed by atoms with van der Waals surface area (Å²) >= 11 is 3.13. The molecule has 0 aliphatic heterocycles. The van der Waals surface area contributed by atoms with Gasteiger partial charge in [-0.05, 0) is 48.0 Å². The molecule has 7 nitrogen and oxygen atoms in total. The van der Waals surface area contributed by atoms with E-state index in [2.05, 4.69) is 31.1 Å². The van der Waals surface area contributed by atoms with Crippen molar-refractivity contribution < 1.29 is 18.3 Å². The highest BCUT2D eigenvalue weighted by Crippen LogP contribution is 2.21. The van der Waals surface area contributed by atoms with Crippen LogP contribution < -0.4 is 4.74 Å². The van der Waals surface area contributed by atoms with Crippen LogP contribution in [0.5, 0.6) is 5.88 Å². The Labute approximate surface area is 174 Å². The predicted octanol–water partition coefficient (Wildman–Crippen LogP) is 3.63. The highest BCUT2D eigenvalue weighted by atomic mass is 79.9. The molecule has 0 saturated heterocycles. The molecule has 10 heteroatoms. The summed E-state index contributed by atoms with van der Waals surface area (Å²) in [7, 11) is 0. The first-order valence-electron chi connectivity index (χ1n) is 8.82. The van der Waals surface area contributed by atoms with Crippen LogP contribution in [-0.2, 0) is 0 Å². The Balaban J connectivity index is 1.81. The lowest BCUT2D eigenvalue weighted by atomic mass is 10.1. The van der Waals surface area contributed by atoms with E-state index < -0.39 is 23.6 Å². The molecule has 2 heterocycles. The van der Waals surface area contributed by atoms with Crippen LogP contribution in [0.25, 0.3) is 5.69 Å². The molecule has 0 bridgehead atoms. The van der Waals surface area contributed by atoms with Crippen LogP contribution in [-0.4, -0.2) is 50.0 Å². The average molecular weight is 466 g/mol. The number of halogens is 3. The molecule has 2 aromatic heterocycles. The normalized spacial score (nSPS) is 11.9. The van der Waals surface area contributed by atoms with Crippen molar-refractivity contribution in [2.45, 2.75) is 19.9 Å². The summed E-state index contributed by atoms with van der Waals surface area (Å²) in [5.41, 5.74) is 0.0811. The summed E-state index contributed by atoms with van der Waals surface area (Å²) in [5.74, 6) is -1.80. The first kappa shape index (κ1) is 20.8. The van der Waals surface area contributed by atoms with Crippen molar-refractivity contribution in [3.8, 4) is 11.6 Å². The van der Waals surface area contributed by atoms with Gasteiger partial charge in [-0.2, -0.15) is 10.2 Å². The van der Waals surface area contributed by atoms with Gasteiger partial charge in [0.15, 0.2) is 11.6 Å². The van der Waals surface area contributed by atoms with Crippen molar-refractivity contribution in [1.29, 1.82) is 0 Å². The van der Waals surface area contributed by atoms with Gasteiger partial charge in [0.25, 0.3) is 11.8 Å². The Kier molecular flexibility index (Phi) is 6.53. The predicted molar refractivity (Wildman–Crippen MR) is 105 cm³/mol. The van der Waals surface area contributed by atoms with E-state index in [0.29, 0.717) is 11.0 Å². The number of pyridine rings is 1. The quantitative estimate of drug-likeness (QED) is 0.532. The lowest BCUT2D eigenvalue weighted by molar-refractivity contribution is 0.0643. The van der Waals surface area contributed by atoms with Crippen LogP contribution in [0, 0.1) is 11.6 Å². The summed E-state index contributed by atoms with van der Waals surface area (Å²) < 4.78 is 34.3. The summed E-state index contributed by atoms with van der Waals surface area (Å²) in [6.45, 7) is 3.89. The van der Waals surface area contributed by atoms with E-state index in [9.17, 15) is 13.6 Å². The average Bonchev–Trinajstić information content (AvgIpc) is 3.21. The third-order valence-corrected chi connectivity index (χ3v) is 4.64. The Morgan fingerprint density at radius 2 is 2.00 bits per heavy atom. The van der Waals surface area contributed by atoms with Crippen molar-refractivity contribution in [3.05, 3.63) is 64.5 Å². The first-order valence-corrected chi connectivity index (χ1v) is 9.61. The van der Waals surface area contributed by atoms with Crippen molar-refractivity contribution in [1.82, 2.24) is 24.9 Å². The van der Waals surface area contributed by atoms with Crippen LogP contribution in [0.15, 0.2) is 47.3 Å². The molecule has 0 fully saturated rings. The number of nitrogens with zero attached hydrogens (tertiary/aromatic N) is 5. The molecule has 152 valence electrons. The number of hydrogen-bond acceptors (Lipinski definition) is 5. The summed E-state index contributed by atoms with van der Waals surface area (Å²) in [4.78, 5) is 19.6. The van der Waals surface area contributed by atoms with E-state index in [-0.39, 0.29) is 23.7 Å². The number of ether oxygens (including phenoxy) is 1. The highest BCUT2D eigenvalue weighted by Gasteiger charge is 2.26. The minimum absolute atomic E-state index is 0.00972. The monoisotopic (exact) mass is 465 g/mol. The van der Waals surface area contributed by atoms with Gasteiger partial charge in [-0.1, -0.05) is 6.07 Å². The molecule has 3 rings (SSSR count). The van der Waals surface area contributed by atoms with Crippen molar-refractivity contribution in [2.75, 3.05) is 13.2 Å². The number of benzene rings is 1. The molecule has 0 spiro atoms. The van der Waals surface area contributed by atoms with Gasteiger partial charge in [0.2, 0.25) is 0 Å². The molecule has 1 aromatic carbocycles. The van der Waals surface area contributed by atoms with Gasteiger partial charge in [-0.15, -0.1) is 4.80 Å². The molecule has 0 N–H and O–H groups in total. The first-order chi connectivity index (χ1) is 13.9. The maximum Gasteiger partial charge on any atom is 0.256 e. The molecule has 0 radical (unpaired) electrons. The molecular formula is C19H18BrF2N5O2. The smallest absolute Gasteiger partial charge is 0.256 e. The third kappa shape index (κ3) is 4.58. The third-order valence-electron chi connectivity index (χ3n) is 4.20. The van der Waals surface area contributed by atoms with Gasteiger partial charge in [-0.25, -0.2) is 13.8 Å². The number of likely N-dealkylation sites (N-methyl/N-ethyl adjacent to an activating group) is 1. The van der Waals surface area contributed by atoms with Gasteiger partial charge in [0, 0.05) is 17.2 Å². The Morgan fingerprint density at radius 3 is 2.66 bits per heavy atom. The van der Waals surface area contributed by atoms with E-state index in [0.717, 1.165) is 4.80 Å². The zero-order chi connectivity index (χ0) is 21.0. The van der Waals surface area contributed by atoms with Gasteiger partial charge in [-0.3, -0.25) is 4.79 Å². The highest BCUT2D eigenvalue weighted by molar-refractivity contribution is 9.10. The van der Waals surface area contributed by atoms with E-state index in [1.165, 1.54) is 47.8 Å². The number of amides is 1. The molecule has 1 amide bonds. The SMILES string of the molecule is CCN(C(=O)c1cccc(F)c1-n1nccn1)C(C)COc1ncc(Br)cc1F. The summed E-state index contributed by atoms with van der Waals surface area (Å²) in [6, 6.07) is 5.01. The topological polar surface area (TPSA) is 73.1 Å². The Bertz CT molecular complexity index is 1000. The second-order valence-electron chi connectivity index (χ2n) is 6.15. The Hall–Kier alpha value is -2.88.